The van der Waals surface area contributed by atoms with E-state index in [1.165, 1.54) is 23.5 Å². The number of nitrogens with zero attached hydrogens (tertiary/aromatic N) is 1. The third-order valence-corrected chi connectivity index (χ3v) is 6.47. The van der Waals surface area contributed by atoms with Crippen molar-refractivity contribution in [3.8, 4) is 11.3 Å². The van der Waals surface area contributed by atoms with Crippen LogP contribution in [-0.4, -0.2) is 18.1 Å². The van der Waals surface area contributed by atoms with Crippen molar-refractivity contribution in [2.24, 2.45) is 0 Å². The van der Waals surface area contributed by atoms with E-state index in [4.69, 9.17) is 0 Å². The molecular formula is C14H16FNO2S2. The molecular weight excluding hydrogens is 297 g/mol. The third kappa shape index (κ3) is 3.24. The lowest BCUT2D eigenvalue weighted by molar-refractivity contribution is 0.559. The molecule has 6 heteroatoms. The van der Waals surface area contributed by atoms with Crippen LogP contribution in [0.5, 0.6) is 0 Å². The van der Waals surface area contributed by atoms with E-state index in [9.17, 15) is 12.8 Å². The lowest BCUT2D eigenvalue weighted by atomic mass is 10.2. The molecule has 1 aromatic carbocycles. The number of rotatable bonds is 3. The standard InChI is InChI=1S/C14H16FNO2S2/c1-14(2,3)20(17,18)9-13-16-12(8-19-13)10-5-4-6-11(15)7-10/h4-8H,9H2,1-3H3. The number of benzene rings is 1. The SMILES string of the molecule is CC(C)(C)S(=O)(=O)Cc1nc(-c2cccc(F)c2)cs1. The van der Waals surface area contributed by atoms with Gasteiger partial charge >= 0.3 is 0 Å². The van der Waals surface area contributed by atoms with Gasteiger partial charge in [0.05, 0.1) is 10.4 Å². The van der Waals surface area contributed by atoms with Crippen LogP contribution in [0, 0.1) is 5.82 Å². The Bertz CT molecular complexity index is 715. The first-order valence-corrected chi connectivity index (χ1v) is 8.65. The Hall–Kier alpha value is -1.27. The first kappa shape index (κ1) is 15.1. The number of halogens is 1. The summed E-state index contributed by atoms with van der Waals surface area (Å²) in [5.74, 6) is -0.421. The maximum atomic E-state index is 13.2. The highest BCUT2D eigenvalue weighted by Gasteiger charge is 2.30. The molecule has 0 saturated carbocycles. The van der Waals surface area contributed by atoms with Gasteiger partial charge in [0.2, 0.25) is 0 Å². The second-order valence-corrected chi connectivity index (χ2v) is 9.19. The molecule has 3 nitrogen and oxygen atoms in total. The summed E-state index contributed by atoms with van der Waals surface area (Å²) in [6.07, 6.45) is 0. The van der Waals surface area contributed by atoms with Gasteiger partial charge in [0, 0.05) is 10.9 Å². The highest BCUT2D eigenvalue weighted by molar-refractivity contribution is 7.92. The third-order valence-electron chi connectivity index (χ3n) is 2.92. The number of hydrogen-bond acceptors (Lipinski definition) is 4. The molecule has 0 aliphatic heterocycles. The van der Waals surface area contributed by atoms with Crippen LogP contribution in [0.25, 0.3) is 11.3 Å². The molecule has 1 aromatic heterocycles. The minimum absolute atomic E-state index is 0.0868. The normalized spacial score (nSPS) is 12.6. The van der Waals surface area contributed by atoms with Gasteiger partial charge in [-0.05, 0) is 32.9 Å². The molecule has 0 amide bonds. The van der Waals surface area contributed by atoms with Gasteiger partial charge in [0.25, 0.3) is 0 Å². The van der Waals surface area contributed by atoms with Crippen LogP contribution in [0.3, 0.4) is 0 Å². The van der Waals surface area contributed by atoms with E-state index in [2.05, 4.69) is 4.98 Å². The molecule has 0 saturated heterocycles. The molecule has 108 valence electrons. The fraction of sp³-hybridized carbons (Fsp3) is 0.357. The van der Waals surface area contributed by atoms with Crippen molar-refractivity contribution in [3.63, 3.8) is 0 Å². The summed E-state index contributed by atoms with van der Waals surface area (Å²) in [6, 6.07) is 6.10. The predicted molar refractivity (Wildman–Crippen MR) is 79.9 cm³/mol. The zero-order chi connectivity index (χ0) is 15.0. The van der Waals surface area contributed by atoms with Gasteiger partial charge in [-0.25, -0.2) is 17.8 Å². The molecule has 2 aromatic rings. The quantitative estimate of drug-likeness (QED) is 0.868. The molecule has 0 aliphatic rings. The Morgan fingerprint density at radius 2 is 2.00 bits per heavy atom. The molecule has 0 atom stereocenters. The van der Waals surface area contributed by atoms with Gasteiger partial charge in [-0.15, -0.1) is 11.3 Å². The molecule has 0 aliphatic carbocycles. The van der Waals surface area contributed by atoms with E-state index >= 15 is 0 Å². The molecule has 0 unspecified atom stereocenters. The van der Waals surface area contributed by atoms with E-state index in [1.807, 2.05) is 0 Å². The summed E-state index contributed by atoms with van der Waals surface area (Å²) in [5.41, 5.74) is 1.26. The van der Waals surface area contributed by atoms with E-state index in [0.717, 1.165) is 0 Å². The second-order valence-electron chi connectivity index (χ2n) is 5.51. The van der Waals surface area contributed by atoms with Crippen molar-refractivity contribution in [3.05, 3.63) is 40.5 Å². The summed E-state index contributed by atoms with van der Waals surface area (Å²) < 4.78 is 36.6. The number of aromatic nitrogens is 1. The monoisotopic (exact) mass is 313 g/mol. The minimum atomic E-state index is -3.25. The van der Waals surface area contributed by atoms with Crippen LogP contribution in [0.1, 0.15) is 25.8 Å². The topological polar surface area (TPSA) is 47.0 Å². The molecule has 0 N–H and O–H groups in total. The molecule has 0 radical (unpaired) electrons. The predicted octanol–water partition coefficient (Wildman–Crippen LogP) is 3.66. The minimum Gasteiger partial charge on any atom is -0.240 e. The van der Waals surface area contributed by atoms with Gasteiger partial charge in [0.1, 0.15) is 16.6 Å². The molecule has 20 heavy (non-hydrogen) atoms. The Kier molecular flexibility index (Phi) is 3.97. The summed E-state index contributed by atoms with van der Waals surface area (Å²) in [6.45, 7) is 5.01. The Morgan fingerprint density at radius 3 is 2.60 bits per heavy atom. The Labute approximate surface area is 122 Å². The lowest BCUT2D eigenvalue weighted by Gasteiger charge is -2.17. The van der Waals surface area contributed by atoms with Crippen LogP contribution in [-0.2, 0) is 15.6 Å². The smallest absolute Gasteiger partial charge is 0.161 e. The summed E-state index contributed by atoms with van der Waals surface area (Å²) in [5, 5.41) is 2.28. The molecule has 1 heterocycles. The summed E-state index contributed by atoms with van der Waals surface area (Å²) in [4.78, 5) is 4.29. The van der Waals surface area contributed by atoms with Crippen LogP contribution in [0.2, 0.25) is 0 Å². The average molecular weight is 313 g/mol. The van der Waals surface area contributed by atoms with Crippen molar-refractivity contribution >= 4 is 21.2 Å². The fourth-order valence-electron chi connectivity index (χ4n) is 1.54. The highest BCUT2D eigenvalue weighted by atomic mass is 32.2. The first-order chi connectivity index (χ1) is 9.19. The first-order valence-electron chi connectivity index (χ1n) is 6.12. The zero-order valence-electron chi connectivity index (χ0n) is 11.6. The van der Waals surface area contributed by atoms with Gasteiger partial charge in [-0.1, -0.05) is 12.1 Å². The van der Waals surface area contributed by atoms with Crippen LogP contribution >= 0.6 is 11.3 Å². The second kappa shape index (κ2) is 5.26. The lowest BCUT2D eigenvalue weighted by Crippen LogP contribution is -2.29. The van der Waals surface area contributed by atoms with Crippen molar-refractivity contribution < 1.29 is 12.8 Å². The van der Waals surface area contributed by atoms with Crippen molar-refractivity contribution in [2.75, 3.05) is 0 Å². The zero-order valence-corrected chi connectivity index (χ0v) is 13.2. The summed E-state index contributed by atoms with van der Waals surface area (Å²) in [7, 11) is -3.25. The maximum absolute atomic E-state index is 13.2. The maximum Gasteiger partial charge on any atom is 0.161 e. The van der Waals surface area contributed by atoms with Crippen molar-refractivity contribution in [2.45, 2.75) is 31.3 Å². The Morgan fingerprint density at radius 1 is 1.30 bits per heavy atom. The van der Waals surface area contributed by atoms with E-state index in [1.54, 1.807) is 38.3 Å². The van der Waals surface area contributed by atoms with Crippen molar-refractivity contribution in [1.82, 2.24) is 4.98 Å². The van der Waals surface area contributed by atoms with Gasteiger partial charge in [0.15, 0.2) is 9.84 Å². The molecule has 2 rings (SSSR count). The van der Waals surface area contributed by atoms with Crippen LogP contribution in [0.4, 0.5) is 4.39 Å². The van der Waals surface area contributed by atoms with E-state index in [0.29, 0.717) is 16.3 Å². The largest absolute Gasteiger partial charge is 0.240 e. The van der Waals surface area contributed by atoms with Crippen LogP contribution in [0.15, 0.2) is 29.6 Å². The molecule has 0 spiro atoms. The number of thiazole rings is 1. The van der Waals surface area contributed by atoms with E-state index in [-0.39, 0.29) is 11.6 Å². The molecule has 0 fully saturated rings. The van der Waals surface area contributed by atoms with Gasteiger partial charge in [-0.3, -0.25) is 0 Å². The molecule has 0 bridgehead atoms. The summed E-state index contributed by atoms with van der Waals surface area (Å²) >= 11 is 1.28. The van der Waals surface area contributed by atoms with Gasteiger partial charge in [-0.2, -0.15) is 0 Å². The van der Waals surface area contributed by atoms with Crippen LogP contribution < -0.4 is 0 Å². The average Bonchev–Trinajstić information content (AvgIpc) is 2.75. The number of sulfone groups is 1. The van der Waals surface area contributed by atoms with Crippen molar-refractivity contribution in [1.29, 1.82) is 0 Å². The highest BCUT2D eigenvalue weighted by Crippen LogP contribution is 2.26. The van der Waals surface area contributed by atoms with Gasteiger partial charge < -0.3 is 0 Å². The Balaban J connectivity index is 2.27. The fourth-order valence-corrected chi connectivity index (χ4v) is 3.68. The van der Waals surface area contributed by atoms with E-state index < -0.39 is 14.6 Å². The number of hydrogen-bond donors (Lipinski definition) is 0.